The van der Waals surface area contributed by atoms with Gasteiger partial charge in [0.2, 0.25) is 0 Å². The van der Waals surface area contributed by atoms with Crippen molar-refractivity contribution in [2.45, 2.75) is 26.2 Å². The average Bonchev–Trinajstić information content (AvgIpc) is 2.88. The number of ether oxygens (including phenoxy) is 1. The first kappa shape index (κ1) is 14.2. The smallest absolute Gasteiger partial charge is 0.309 e. The molecule has 0 aliphatic heterocycles. The Morgan fingerprint density at radius 3 is 2.89 bits per heavy atom. The summed E-state index contributed by atoms with van der Waals surface area (Å²) in [4.78, 5) is 29.9. The molecule has 1 rings (SSSR count). The van der Waals surface area contributed by atoms with Crippen LogP contribution >= 0.6 is 0 Å². The number of hydrogen-bond donors (Lipinski definition) is 1. The van der Waals surface area contributed by atoms with E-state index in [1.54, 1.807) is 18.6 Å². The van der Waals surface area contributed by atoms with Crippen LogP contribution in [-0.2, 0) is 14.3 Å². The summed E-state index contributed by atoms with van der Waals surface area (Å²) in [5.41, 5.74) is 0.758. The zero-order chi connectivity index (χ0) is 13.4. The SMILES string of the molecule is CCCC(CC(=O)/C=C/c1cnc[nH]1)C(=O)OC. The highest BCUT2D eigenvalue weighted by atomic mass is 16.5. The van der Waals surface area contributed by atoms with E-state index in [-0.39, 0.29) is 24.1 Å². The van der Waals surface area contributed by atoms with Gasteiger partial charge in [0.05, 0.1) is 31.2 Å². The van der Waals surface area contributed by atoms with Crippen LogP contribution in [0.25, 0.3) is 6.08 Å². The van der Waals surface area contributed by atoms with Crippen molar-refractivity contribution in [2.75, 3.05) is 7.11 Å². The number of hydrogen-bond acceptors (Lipinski definition) is 4. The van der Waals surface area contributed by atoms with Crippen molar-refractivity contribution in [1.29, 1.82) is 0 Å². The maximum Gasteiger partial charge on any atom is 0.309 e. The zero-order valence-electron chi connectivity index (χ0n) is 10.7. The van der Waals surface area contributed by atoms with E-state index in [4.69, 9.17) is 0 Å². The molecule has 0 spiro atoms. The van der Waals surface area contributed by atoms with E-state index in [2.05, 4.69) is 14.7 Å². The Hall–Kier alpha value is -1.91. The van der Waals surface area contributed by atoms with Gasteiger partial charge in [0.25, 0.3) is 0 Å². The summed E-state index contributed by atoms with van der Waals surface area (Å²) in [5.74, 6) is -0.757. The van der Waals surface area contributed by atoms with Gasteiger partial charge in [0, 0.05) is 6.42 Å². The Morgan fingerprint density at radius 1 is 1.56 bits per heavy atom. The molecule has 0 aromatic carbocycles. The Morgan fingerprint density at radius 2 is 2.33 bits per heavy atom. The Balaban J connectivity index is 2.53. The van der Waals surface area contributed by atoms with Gasteiger partial charge in [-0.3, -0.25) is 9.59 Å². The van der Waals surface area contributed by atoms with Gasteiger partial charge in [-0.1, -0.05) is 13.3 Å². The number of nitrogens with one attached hydrogen (secondary N) is 1. The van der Waals surface area contributed by atoms with E-state index >= 15 is 0 Å². The van der Waals surface area contributed by atoms with Gasteiger partial charge in [-0.25, -0.2) is 4.98 Å². The summed E-state index contributed by atoms with van der Waals surface area (Å²) in [5, 5.41) is 0. The number of carbonyl (C=O) groups is 2. The average molecular weight is 250 g/mol. The highest BCUT2D eigenvalue weighted by Crippen LogP contribution is 2.14. The van der Waals surface area contributed by atoms with Crippen LogP contribution in [0.1, 0.15) is 31.9 Å². The van der Waals surface area contributed by atoms with Crippen molar-refractivity contribution in [1.82, 2.24) is 9.97 Å². The molecule has 1 aromatic heterocycles. The van der Waals surface area contributed by atoms with Crippen molar-refractivity contribution in [2.24, 2.45) is 5.92 Å². The molecule has 0 saturated heterocycles. The van der Waals surface area contributed by atoms with Crippen LogP contribution in [0.4, 0.5) is 0 Å². The van der Waals surface area contributed by atoms with Crippen LogP contribution in [-0.4, -0.2) is 28.8 Å². The molecule has 0 aliphatic carbocycles. The summed E-state index contributed by atoms with van der Waals surface area (Å²) in [6.45, 7) is 1.97. The van der Waals surface area contributed by atoms with Crippen molar-refractivity contribution < 1.29 is 14.3 Å². The molecular formula is C13H18N2O3. The number of aromatic amines is 1. The molecule has 1 aromatic rings. The first-order valence-corrected chi connectivity index (χ1v) is 5.94. The number of H-pyrrole nitrogens is 1. The van der Waals surface area contributed by atoms with E-state index < -0.39 is 0 Å². The second-order valence-electron chi connectivity index (χ2n) is 4.02. The number of carbonyl (C=O) groups excluding carboxylic acids is 2. The summed E-state index contributed by atoms with van der Waals surface area (Å²) in [6.07, 6.45) is 7.96. The van der Waals surface area contributed by atoms with Crippen LogP contribution in [0.3, 0.4) is 0 Å². The van der Waals surface area contributed by atoms with Crippen LogP contribution in [0.15, 0.2) is 18.6 Å². The number of nitrogens with zero attached hydrogens (tertiary/aromatic N) is 1. The number of ketones is 1. The molecule has 5 nitrogen and oxygen atoms in total. The molecule has 1 N–H and O–H groups in total. The zero-order valence-corrected chi connectivity index (χ0v) is 10.7. The molecule has 0 bridgehead atoms. The monoisotopic (exact) mass is 250 g/mol. The molecule has 0 saturated carbocycles. The highest BCUT2D eigenvalue weighted by molar-refractivity contribution is 5.95. The fraction of sp³-hybridized carbons (Fsp3) is 0.462. The summed E-state index contributed by atoms with van der Waals surface area (Å²) < 4.78 is 4.68. The van der Waals surface area contributed by atoms with Crippen LogP contribution in [0.2, 0.25) is 0 Å². The van der Waals surface area contributed by atoms with Gasteiger partial charge >= 0.3 is 5.97 Å². The van der Waals surface area contributed by atoms with Crippen LogP contribution in [0.5, 0.6) is 0 Å². The van der Waals surface area contributed by atoms with E-state index in [0.717, 1.165) is 12.1 Å². The van der Waals surface area contributed by atoms with Gasteiger partial charge in [-0.2, -0.15) is 0 Å². The molecule has 0 radical (unpaired) electrons. The minimum absolute atomic E-state index is 0.0894. The largest absolute Gasteiger partial charge is 0.469 e. The second kappa shape index (κ2) is 7.42. The first-order valence-electron chi connectivity index (χ1n) is 5.94. The molecule has 0 fully saturated rings. The first-order chi connectivity index (χ1) is 8.67. The van der Waals surface area contributed by atoms with E-state index in [1.807, 2.05) is 6.92 Å². The van der Waals surface area contributed by atoms with Gasteiger partial charge in [-0.05, 0) is 18.6 Å². The number of rotatable bonds is 7. The molecule has 1 unspecified atom stereocenters. The summed E-state index contributed by atoms with van der Waals surface area (Å²) in [7, 11) is 1.34. The number of aromatic nitrogens is 2. The van der Waals surface area contributed by atoms with Crippen molar-refractivity contribution in [3.8, 4) is 0 Å². The van der Waals surface area contributed by atoms with E-state index in [1.165, 1.54) is 13.2 Å². The third-order valence-electron chi connectivity index (χ3n) is 2.59. The second-order valence-corrected chi connectivity index (χ2v) is 4.02. The van der Waals surface area contributed by atoms with Crippen molar-refractivity contribution in [3.63, 3.8) is 0 Å². The van der Waals surface area contributed by atoms with E-state index in [0.29, 0.717) is 6.42 Å². The molecular weight excluding hydrogens is 232 g/mol. The van der Waals surface area contributed by atoms with Crippen LogP contribution < -0.4 is 0 Å². The maximum absolute atomic E-state index is 11.7. The normalized spacial score (nSPS) is 12.6. The minimum Gasteiger partial charge on any atom is -0.469 e. The van der Waals surface area contributed by atoms with Gasteiger partial charge < -0.3 is 9.72 Å². The molecule has 0 aliphatic rings. The highest BCUT2D eigenvalue weighted by Gasteiger charge is 2.20. The Kier molecular flexibility index (Phi) is 5.84. The lowest BCUT2D eigenvalue weighted by Gasteiger charge is -2.11. The summed E-state index contributed by atoms with van der Waals surface area (Å²) >= 11 is 0. The third-order valence-corrected chi connectivity index (χ3v) is 2.59. The minimum atomic E-state index is -0.348. The standard InChI is InChI=1S/C13H18N2O3/c1-3-4-10(13(17)18-2)7-12(16)6-5-11-8-14-9-15-11/h5-6,8-10H,3-4,7H2,1-2H3,(H,14,15)/b6-5+. The molecule has 1 heterocycles. The number of methoxy groups -OCH3 is 1. The van der Waals surface area contributed by atoms with Crippen molar-refractivity contribution >= 4 is 17.8 Å². The molecule has 1 atom stereocenters. The maximum atomic E-state index is 11.7. The molecule has 18 heavy (non-hydrogen) atoms. The predicted octanol–water partition coefficient (Wildman–Crippen LogP) is 1.97. The third kappa shape index (κ3) is 4.53. The molecule has 98 valence electrons. The summed E-state index contributed by atoms with van der Waals surface area (Å²) in [6, 6.07) is 0. The predicted molar refractivity (Wildman–Crippen MR) is 67.7 cm³/mol. The lowest BCUT2D eigenvalue weighted by molar-refractivity contribution is -0.147. The topological polar surface area (TPSA) is 72.0 Å². The van der Waals surface area contributed by atoms with E-state index in [9.17, 15) is 9.59 Å². The molecule has 5 heteroatoms. The molecule has 0 amide bonds. The van der Waals surface area contributed by atoms with Gasteiger partial charge in [-0.15, -0.1) is 0 Å². The lowest BCUT2D eigenvalue weighted by Crippen LogP contribution is -2.19. The number of imidazole rings is 1. The number of allylic oxidation sites excluding steroid dienone is 1. The van der Waals surface area contributed by atoms with Crippen LogP contribution in [0, 0.1) is 5.92 Å². The van der Waals surface area contributed by atoms with Gasteiger partial charge in [0.1, 0.15) is 0 Å². The fourth-order valence-corrected chi connectivity index (χ4v) is 1.67. The quantitative estimate of drug-likeness (QED) is 0.593. The number of esters is 1. The fourth-order valence-electron chi connectivity index (χ4n) is 1.67. The van der Waals surface area contributed by atoms with Crippen molar-refractivity contribution in [3.05, 3.63) is 24.3 Å². The van der Waals surface area contributed by atoms with Gasteiger partial charge in [0.15, 0.2) is 5.78 Å². The lowest BCUT2D eigenvalue weighted by atomic mass is 9.97. The Labute approximate surface area is 106 Å². The Bertz CT molecular complexity index is 410.